The number of nitrogens with zero attached hydrogens (tertiary/aromatic N) is 4. The quantitative estimate of drug-likeness (QED) is 0.174. The van der Waals surface area contributed by atoms with E-state index in [2.05, 4.69) is 74.8 Å². The van der Waals surface area contributed by atoms with Gasteiger partial charge in [0.1, 0.15) is 5.69 Å². The number of aromatic nitrogens is 6. The minimum absolute atomic E-state index is 0.685. The van der Waals surface area contributed by atoms with Crippen molar-refractivity contribution >= 4 is 27.5 Å². The molecular formula is C31H31N7. The summed E-state index contributed by atoms with van der Waals surface area (Å²) in [6.07, 6.45) is 16.3. The summed E-state index contributed by atoms with van der Waals surface area (Å²) in [7, 11) is 0. The zero-order valence-corrected chi connectivity index (χ0v) is 21.8. The van der Waals surface area contributed by atoms with Gasteiger partial charge in [-0.25, -0.2) is 4.98 Å². The molecule has 0 bridgehead atoms. The van der Waals surface area contributed by atoms with Gasteiger partial charge in [0.15, 0.2) is 5.82 Å². The van der Waals surface area contributed by atoms with Crippen molar-refractivity contribution in [2.75, 3.05) is 0 Å². The summed E-state index contributed by atoms with van der Waals surface area (Å²) in [4.78, 5) is 16.9. The number of aromatic amines is 2. The molecule has 0 unspecified atom stereocenters. The maximum Gasteiger partial charge on any atom is 0.159 e. The number of H-pyrrole nitrogens is 2. The van der Waals surface area contributed by atoms with Crippen molar-refractivity contribution < 1.29 is 0 Å². The van der Waals surface area contributed by atoms with Crippen molar-refractivity contribution in [3.05, 3.63) is 103 Å². The van der Waals surface area contributed by atoms with Gasteiger partial charge in [0.2, 0.25) is 0 Å². The monoisotopic (exact) mass is 501 g/mol. The SMILES string of the molecule is C=C/C(=C\C(=C/C)c1ccc2[nH]nc(-c3nc4c(-c5ccncc5)cncc4[nH]3)c2c1)NC(=C)CCCC. The number of imidazole rings is 1. The fourth-order valence-electron chi connectivity index (χ4n) is 4.47. The molecule has 7 heteroatoms. The van der Waals surface area contributed by atoms with E-state index in [1.165, 1.54) is 0 Å². The molecule has 5 rings (SSSR count). The number of allylic oxidation sites excluding steroid dienone is 5. The largest absolute Gasteiger partial charge is 0.359 e. The van der Waals surface area contributed by atoms with Crippen molar-refractivity contribution in [2.24, 2.45) is 0 Å². The van der Waals surface area contributed by atoms with Crippen LogP contribution < -0.4 is 5.32 Å². The molecule has 4 heterocycles. The predicted molar refractivity (Wildman–Crippen MR) is 156 cm³/mol. The van der Waals surface area contributed by atoms with Crippen molar-refractivity contribution in [3.63, 3.8) is 0 Å². The van der Waals surface area contributed by atoms with E-state index in [0.717, 1.165) is 80.6 Å². The third-order valence-corrected chi connectivity index (χ3v) is 6.50. The van der Waals surface area contributed by atoms with Gasteiger partial charge in [-0.1, -0.05) is 38.6 Å². The number of rotatable bonds is 10. The van der Waals surface area contributed by atoms with Gasteiger partial charge < -0.3 is 10.3 Å². The lowest BCUT2D eigenvalue weighted by Crippen LogP contribution is -2.10. The first-order valence-corrected chi connectivity index (χ1v) is 12.8. The number of unbranched alkanes of at least 4 members (excludes halogenated alkanes) is 1. The lowest BCUT2D eigenvalue weighted by atomic mass is 10.0. The van der Waals surface area contributed by atoms with Crippen LogP contribution >= 0.6 is 0 Å². The van der Waals surface area contributed by atoms with E-state index in [0.29, 0.717) is 5.82 Å². The predicted octanol–water partition coefficient (Wildman–Crippen LogP) is 7.33. The van der Waals surface area contributed by atoms with Crippen LogP contribution in [0.1, 0.15) is 38.7 Å². The van der Waals surface area contributed by atoms with Gasteiger partial charge in [-0.05, 0) is 72.9 Å². The standard InChI is InChI=1S/C31H31N7/c1-5-8-9-20(4)34-24(7-3)16-21(6-2)23-10-11-27-25(17-23)30(38-37-27)31-35-28-19-33-18-26(29(28)36-31)22-12-14-32-15-13-22/h6-7,10-19,34H,3-5,8-9H2,1-2H3,(H,35,36)(H,37,38)/b21-6+,24-16+. The normalized spacial score (nSPS) is 12.3. The average Bonchev–Trinajstić information content (AvgIpc) is 3.58. The Morgan fingerprint density at radius 2 is 1.92 bits per heavy atom. The molecule has 7 nitrogen and oxygen atoms in total. The summed E-state index contributed by atoms with van der Waals surface area (Å²) >= 11 is 0. The Kier molecular flexibility index (Phi) is 7.26. The number of benzene rings is 1. The van der Waals surface area contributed by atoms with E-state index in [1.807, 2.05) is 37.4 Å². The van der Waals surface area contributed by atoms with Gasteiger partial charge in [0, 0.05) is 40.9 Å². The van der Waals surface area contributed by atoms with Crippen molar-refractivity contribution in [1.82, 2.24) is 35.5 Å². The molecule has 0 spiro atoms. The van der Waals surface area contributed by atoms with E-state index in [4.69, 9.17) is 4.98 Å². The Hall–Kier alpha value is -4.78. The molecule has 0 fully saturated rings. The molecule has 0 atom stereocenters. The van der Waals surface area contributed by atoms with Gasteiger partial charge in [-0.2, -0.15) is 5.10 Å². The summed E-state index contributed by atoms with van der Waals surface area (Å²) < 4.78 is 0. The highest BCUT2D eigenvalue weighted by Gasteiger charge is 2.16. The van der Waals surface area contributed by atoms with Crippen LogP contribution in [0.2, 0.25) is 0 Å². The number of nitrogens with one attached hydrogen (secondary N) is 3. The summed E-state index contributed by atoms with van der Waals surface area (Å²) in [5, 5.41) is 12.1. The van der Waals surface area contributed by atoms with Crippen molar-refractivity contribution in [2.45, 2.75) is 33.1 Å². The maximum absolute atomic E-state index is 4.94. The van der Waals surface area contributed by atoms with Gasteiger partial charge in [-0.3, -0.25) is 15.1 Å². The topological polar surface area (TPSA) is 95.2 Å². The van der Waals surface area contributed by atoms with Crippen LogP contribution in [0.5, 0.6) is 0 Å². The zero-order chi connectivity index (χ0) is 26.5. The molecule has 1 aromatic carbocycles. The number of pyridine rings is 2. The molecule has 5 aromatic rings. The Balaban J connectivity index is 1.52. The fourth-order valence-corrected chi connectivity index (χ4v) is 4.47. The molecular weight excluding hydrogens is 470 g/mol. The summed E-state index contributed by atoms with van der Waals surface area (Å²) in [5.74, 6) is 0.685. The Labute approximate surface area is 222 Å². The number of fused-ring (bicyclic) bond motifs is 2. The third kappa shape index (κ3) is 5.04. The minimum Gasteiger partial charge on any atom is -0.359 e. The first-order valence-electron chi connectivity index (χ1n) is 12.8. The Bertz CT molecular complexity index is 1670. The van der Waals surface area contributed by atoms with Crippen molar-refractivity contribution in [1.29, 1.82) is 0 Å². The van der Waals surface area contributed by atoms with Crippen LogP contribution in [0.25, 0.3) is 50.2 Å². The van der Waals surface area contributed by atoms with E-state index < -0.39 is 0 Å². The van der Waals surface area contributed by atoms with Crippen LogP contribution in [0.15, 0.2) is 97.9 Å². The molecule has 0 saturated heterocycles. The van der Waals surface area contributed by atoms with Gasteiger partial charge in [-0.15, -0.1) is 0 Å². The second-order valence-corrected chi connectivity index (χ2v) is 9.12. The van der Waals surface area contributed by atoms with Crippen LogP contribution in [0.3, 0.4) is 0 Å². The van der Waals surface area contributed by atoms with Crippen LogP contribution in [-0.4, -0.2) is 30.1 Å². The molecule has 0 saturated carbocycles. The zero-order valence-electron chi connectivity index (χ0n) is 21.8. The van der Waals surface area contributed by atoms with E-state index in [1.54, 1.807) is 18.6 Å². The second kappa shape index (κ2) is 11.1. The molecule has 190 valence electrons. The lowest BCUT2D eigenvalue weighted by molar-refractivity contribution is 0.751. The van der Waals surface area contributed by atoms with Crippen LogP contribution in [0, 0.1) is 0 Å². The highest BCUT2D eigenvalue weighted by molar-refractivity contribution is 5.98. The van der Waals surface area contributed by atoms with Crippen LogP contribution in [-0.2, 0) is 0 Å². The summed E-state index contributed by atoms with van der Waals surface area (Å²) in [5.41, 5.74) is 9.39. The Morgan fingerprint density at radius 1 is 1.08 bits per heavy atom. The Morgan fingerprint density at radius 3 is 2.68 bits per heavy atom. The fraction of sp³-hybridized carbons (Fsp3) is 0.161. The molecule has 0 aliphatic carbocycles. The van der Waals surface area contributed by atoms with Crippen molar-refractivity contribution in [3.8, 4) is 22.6 Å². The lowest BCUT2D eigenvalue weighted by Gasteiger charge is -2.11. The minimum atomic E-state index is 0.685. The van der Waals surface area contributed by atoms with Crippen LogP contribution in [0.4, 0.5) is 0 Å². The summed E-state index contributed by atoms with van der Waals surface area (Å²) in [6, 6.07) is 10.2. The molecule has 4 aromatic heterocycles. The number of hydrogen-bond donors (Lipinski definition) is 3. The molecule has 0 aliphatic rings. The molecule has 3 N–H and O–H groups in total. The van der Waals surface area contributed by atoms with E-state index >= 15 is 0 Å². The maximum atomic E-state index is 4.94. The molecule has 0 aliphatic heterocycles. The smallest absolute Gasteiger partial charge is 0.159 e. The van der Waals surface area contributed by atoms with E-state index in [9.17, 15) is 0 Å². The first kappa shape index (κ1) is 24.9. The van der Waals surface area contributed by atoms with Gasteiger partial charge >= 0.3 is 0 Å². The highest BCUT2D eigenvalue weighted by Crippen LogP contribution is 2.32. The highest BCUT2D eigenvalue weighted by atomic mass is 15.1. The third-order valence-electron chi connectivity index (χ3n) is 6.50. The van der Waals surface area contributed by atoms with Gasteiger partial charge in [0.25, 0.3) is 0 Å². The molecule has 0 radical (unpaired) electrons. The average molecular weight is 502 g/mol. The molecule has 38 heavy (non-hydrogen) atoms. The molecule has 0 amide bonds. The second-order valence-electron chi connectivity index (χ2n) is 9.12. The van der Waals surface area contributed by atoms with Gasteiger partial charge in [0.05, 0.1) is 22.7 Å². The van der Waals surface area contributed by atoms with E-state index in [-0.39, 0.29) is 0 Å². The first-order chi connectivity index (χ1) is 18.6. The summed E-state index contributed by atoms with van der Waals surface area (Å²) in [6.45, 7) is 12.4. The number of hydrogen-bond acceptors (Lipinski definition) is 5.